The number of rotatable bonds is 7. The molecule has 0 radical (unpaired) electrons. The Kier molecular flexibility index (Phi) is 7.47. The lowest BCUT2D eigenvalue weighted by Gasteiger charge is -2.31. The van der Waals surface area contributed by atoms with Gasteiger partial charge in [0.2, 0.25) is 5.12 Å². The van der Waals surface area contributed by atoms with Gasteiger partial charge < -0.3 is 4.90 Å². The third-order valence-electron chi connectivity index (χ3n) is 3.87. The third kappa shape index (κ3) is 5.85. The van der Waals surface area contributed by atoms with Crippen molar-refractivity contribution >= 4 is 22.8 Å². The van der Waals surface area contributed by atoms with Gasteiger partial charge in [0.05, 0.1) is 0 Å². The normalized spacial score (nSPS) is 12.4. The van der Waals surface area contributed by atoms with Gasteiger partial charge in [-0.2, -0.15) is 13.2 Å². The molecule has 0 N–H and O–H groups in total. The highest BCUT2D eigenvalue weighted by molar-refractivity contribution is 8.13. The summed E-state index contributed by atoms with van der Waals surface area (Å²) in [5, 5.41) is -0.527. The summed E-state index contributed by atoms with van der Waals surface area (Å²) in [6, 6.07) is 15.5. The van der Waals surface area contributed by atoms with Crippen molar-refractivity contribution in [1.82, 2.24) is 4.90 Å². The van der Waals surface area contributed by atoms with E-state index in [2.05, 4.69) is 0 Å². The second kappa shape index (κ2) is 9.60. The minimum atomic E-state index is -5.04. The molecular formula is C20H20F3NO2S. The number of benzene rings is 2. The highest BCUT2D eigenvalue weighted by atomic mass is 32.2. The molecule has 144 valence electrons. The van der Waals surface area contributed by atoms with Crippen molar-refractivity contribution < 1.29 is 22.8 Å². The van der Waals surface area contributed by atoms with Gasteiger partial charge in [-0.15, -0.1) is 0 Å². The summed E-state index contributed by atoms with van der Waals surface area (Å²) in [5.74, 6) is -1.99. The first-order valence-corrected chi connectivity index (χ1v) is 9.35. The fraction of sp³-hybridized carbons (Fsp3) is 0.300. The fourth-order valence-electron chi connectivity index (χ4n) is 2.58. The van der Waals surface area contributed by atoms with E-state index in [1.807, 2.05) is 6.92 Å². The van der Waals surface area contributed by atoms with Crippen LogP contribution in [0.2, 0.25) is 0 Å². The molecular weight excluding hydrogens is 375 g/mol. The van der Waals surface area contributed by atoms with Crippen molar-refractivity contribution in [2.24, 2.45) is 0 Å². The molecule has 1 atom stereocenters. The maximum atomic E-state index is 13.2. The van der Waals surface area contributed by atoms with Crippen molar-refractivity contribution in [3.63, 3.8) is 0 Å². The number of thioether (sulfide) groups is 1. The van der Waals surface area contributed by atoms with Crippen LogP contribution in [-0.2, 0) is 9.59 Å². The van der Waals surface area contributed by atoms with E-state index in [4.69, 9.17) is 0 Å². The lowest BCUT2D eigenvalue weighted by molar-refractivity contribution is -0.188. The summed E-state index contributed by atoms with van der Waals surface area (Å²) in [7, 11) is 0. The largest absolute Gasteiger partial charge is 0.471 e. The van der Waals surface area contributed by atoms with E-state index in [0.29, 0.717) is 28.2 Å². The Morgan fingerprint density at radius 1 is 1.00 bits per heavy atom. The van der Waals surface area contributed by atoms with Gasteiger partial charge in [-0.1, -0.05) is 61.9 Å². The fourth-order valence-corrected chi connectivity index (χ4v) is 3.48. The average molecular weight is 395 g/mol. The summed E-state index contributed by atoms with van der Waals surface area (Å²) in [6.45, 7) is 1.67. The maximum absolute atomic E-state index is 13.2. The molecule has 27 heavy (non-hydrogen) atoms. The Bertz CT molecular complexity index is 751. The summed E-state index contributed by atoms with van der Waals surface area (Å²) >= 11 is 0.836. The van der Waals surface area contributed by atoms with E-state index in [9.17, 15) is 22.8 Å². The van der Waals surface area contributed by atoms with Crippen molar-refractivity contribution in [3.8, 4) is 0 Å². The summed E-state index contributed by atoms with van der Waals surface area (Å²) < 4.78 is 39.6. The van der Waals surface area contributed by atoms with Crippen molar-refractivity contribution in [2.75, 3.05) is 6.54 Å². The van der Waals surface area contributed by atoms with Gasteiger partial charge in [-0.3, -0.25) is 9.59 Å². The van der Waals surface area contributed by atoms with E-state index < -0.39 is 23.2 Å². The molecule has 0 aliphatic carbocycles. The van der Waals surface area contributed by atoms with Crippen LogP contribution >= 0.6 is 11.8 Å². The molecule has 0 heterocycles. The van der Waals surface area contributed by atoms with Crippen molar-refractivity contribution in [1.29, 1.82) is 0 Å². The zero-order valence-corrected chi connectivity index (χ0v) is 15.6. The van der Waals surface area contributed by atoms with Crippen molar-refractivity contribution in [2.45, 2.75) is 36.9 Å². The van der Waals surface area contributed by atoms with Gasteiger partial charge in [0.1, 0.15) is 6.04 Å². The quantitative estimate of drug-likeness (QED) is 0.602. The molecule has 7 heteroatoms. The molecule has 0 bridgehead atoms. The lowest BCUT2D eigenvalue weighted by atomic mass is 10.1. The van der Waals surface area contributed by atoms with E-state index >= 15 is 0 Å². The van der Waals surface area contributed by atoms with E-state index in [1.54, 1.807) is 60.7 Å². The lowest BCUT2D eigenvalue weighted by Crippen LogP contribution is -2.45. The Morgan fingerprint density at radius 2 is 1.56 bits per heavy atom. The molecule has 0 fully saturated rings. The topological polar surface area (TPSA) is 37.4 Å². The van der Waals surface area contributed by atoms with E-state index in [0.717, 1.165) is 11.8 Å². The van der Waals surface area contributed by atoms with Gasteiger partial charge in [0, 0.05) is 11.4 Å². The number of hydrogen-bond acceptors (Lipinski definition) is 3. The molecule has 0 saturated heterocycles. The minimum absolute atomic E-state index is 0.143. The maximum Gasteiger partial charge on any atom is 0.471 e. The zero-order valence-electron chi connectivity index (χ0n) is 14.8. The predicted molar refractivity (Wildman–Crippen MR) is 99.2 cm³/mol. The average Bonchev–Trinajstić information content (AvgIpc) is 2.65. The van der Waals surface area contributed by atoms with Gasteiger partial charge in [0.15, 0.2) is 0 Å². The molecule has 0 saturated carbocycles. The van der Waals surface area contributed by atoms with Crippen LogP contribution in [0.15, 0.2) is 65.6 Å². The molecule has 0 spiro atoms. The number of unbranched alkanes of at least 4 members (excludes halogenated alkanes) is 1. The first-order valence-electron chi connectivity index (χ1n) is 8.54. The molecule has 0 aliphatic rings. The number of nitrogens with zero attached hydrogens (tertiary/aromatic N) is 1. The highest BCUT2D eigenvalue weighted by Crippen LogP contribution is 2.33. The smallest absolute Gasteiger partial charge is 0.320 e. The molecule has 0 aromatic heterocycles. The standard InChI is InChI=1S/C20H20F3NO2S/c1-2-3-14-24(19(26)20(21,22)23)17(15-10-6-4-7-11-15)18(25)27-16-12-8-5-9-13-16/h4-13,17H,2-3,14H2,1H3. The van der Waals surface area contributed by atoms with Crippen LogP contribution in [-0.4, -0.2) is 28.6 Å². The van der Waals surface area contributed by atoms with E-state index in [-0.39, 0.29) is 6.54 Å². The number of carbonyl (C=O) groups excluding carboxylic acids is 2. The van der Waals surface area contributed by atoms with Gasteiger partial charge in [-0.05, 0) is 35.9 Å². The van der Waals surface area contributed by atoms with Crippen LogP contribution in [0.1, 0.15) is 31.4 Å². The number of amides is 1. The number of alkyl halides is 3. The molecule has 2 rings (SSSR count). The summed E-state index contributed by atoms with van der Waals surface area (Å²) in [5.41, 5.74) is 0.361. The van der Waals surface area contributed by atoms with E-state index in [1.165, 1.54) is 0 Å². The summed E-state index contributed by atoms with van der Waals surface area (Å²) in [6.07, 6.45) is -4.07. The Morgan fingerprint density at radius 3 is 2.07 bits per heavy atom. The molecule has 2 aromatic carbocycles. The number of hydrogen-bond donors (Lipinski definition) is 0. The van der Waals surface area contributed by atoms with Gasteiger partial charge in [-0.25, -0.2) is 0 Å². The monoisotopic (exact) mass is 395 g/mol. The van der Waals surface area contributed by atoms with Crippen LogP contribution in [0.25, 0.3) is 0 Å². The number of halogens is 3. The molecule has 1 unspecified atom stereocenters. The first kappa shape index (κ1) is 21.0. The Balaban J connectivity index is 2.42. The molecule has 0 aliphatic heterocycles. The third-order valence-corrected chi connectivity index (χ3v) is 4.80. The van der Waals surface area contributed by atoms with Gasteiger partial charge >= 0.3 is 12.1 Å². The second-order valence-electron chi connectivity index (χ2n) is 5.90. The van der Waals surface area contributed by atoms with Gasteiger partial charge in [0.25, 0.3) is 0 Å². The molecule has 2 aromatic rings. The SMILES string of the molecule is CCCCN(C(=O)C(F)(F)F)C(C(=O)Sc1ccccc1)c1ccccc1. The molecule has 3 nitrogen and oxygen atoms in total. The predicted octanol–water partition coefficient (Wildman–Crippen LogP) is 5.24. The summed E-state index contributed by atoms with van der Waals surface area (Å²) in [4.78, 5) is 26.3. The van der Waals surface area contributed by atoms with Crippen LogP contribution in [0.5, 0.6) is 0 Å². The van der Waals surface area contributed by atoms with Crippen LogP contribution in [0.3, 0.4) is 0 Å². The van der Waals surface area contributed by atoms with Crippen molar-refractivity contribution in [3.05, 3.63) is 66.2 Å². The zero-order chi connectivity index (χ0) is 19.9. The number of carbonyl (C=O) groups is 2. The Labute approximate surface area is 160 Å². The highest BCUT2D eigenvalue weighted by Gasteiger charge is 2.46. The van der Waals surface area contributed by atoms with Crippen LogP contribution < -0.4 is 0 Å². The minimum Gasteiger partial charge on any atom is -0.320 e. The second-order valence-corrected chi connectivity index (χ2v) is 6.98. The molecule has 1 amide bonds. The van der Waals surface area contributed by atoms with Crippen LogP contribution in [0.4, 0.5) is 13.2 Å². The Hall–Kier alpha value is -2.28. The first-order chi connectivity index (χ1) is 12.8. The van der Waals surface area contributed by atoms with Crippen LogP contribution in [0, 0.1) is 0 Å².